The topological polar surface area (TPSA) is 111 Å². The molecule has 0 bridgehead atoms. The molecule has 0 radical (unpaired) electrons. The number of para-hydroxylation sites is 1. The predicted molar refractivity (Wildman–Crippen MR) is 101 cm³/mol. The Morgan fingerprint density at radius 1 is 0.667 bits per heavy atom. The molecular formula is C20H15N3O4. The molecule has 7 heteroatoms. The van der Waals surface area contributed by atoms with E-state index in [0.717, 1.165) is 5.69 Å². The maximum absolute atomic E-state index is 12.0. The first-order valence-electron chi connectivity index (χ1n) is 8.16. The second-order valence-corrected chi connectivity index (χ2v) is 6.05. The van der Waals surface area contributed by atoms with Gasteiger partial charge in [0.05, 0.1) is 22.5 Å². The van der Waals surface area contributed by atoms with Crippen LogP contribution in [0.2, 0.25) is 0 Å². The maximum Gasteiger partial charge on any atom is 0.259 e. The number of hydrogen-bond acceptors (Lipinski definition) is 6. The van der Waals surface area contributed by atoms with Crippen LogP contribution in [-0.4, -0.2) is 22.0 Å². The number of fused-ring (bicyclic) bond motifs is 1. The van der Waals surface area contributed by atoms with E-state index in [1.165, 1.54) is 12.1 Å². The summed E-state index contributed by atoms with van der Waals surface area (Å²) >= 11 is 0. The van der Waals surface area contributed by atoms with Gasteiger partial charge in [-0.3, -0.25) is 14.9 Å². The number of carbonyl (C=O) groups is 2. The van der Waals surface area contributed by atoms with Crippen molar-refractivity contribution in [3.8, 4) is 11.5 Å². The highest BCUT2D eigenvalue weighted by Gasteiger charge is 2.28. The maximum atomic E-state index is 12.0. The predicted octanol–water partition coefficient (Wildman–Crippen LogP) is 3.47. The fourth-order valence-corrected chi connectivity index (χ4v) is 2.85. The largest absolute Gasteiger partial charge is 0.504 e. The molecule has 1 heterocycles. The lowest BCUT2D eigenvalue weighted by Crippen LogP contribution is -2.19. The van der Waals surface area contributed by atoms with E-state index in [1.807, 2.05) is 30.3 Å². The molecule has 1 aliphatic heterocycles. The molecule has 2 amide bonds. The van der Waals surface area contributed by atoms with Crippen LogP contribution in [0.1, 0.15) is 20.7 Å². The van der Waals surface area contributed by atoms with Crippen molar-refractivity contribution in [3.05, 3.63) is 71.8 Å². The van der Waals surface area contributed by atoms with Crippen LogP contribution >= 0.6 is 0 Å². The van der Waals surface area contributed by atoms with Crippen molar-refractivity contribution in [1.82, 2.24) is 5.32 Å². The average molecular weight is 361 g/mol. The zero-order chi connectivity index (χ0) is 19.0. The van der Waals surface area contributed by atoms with Gasteiger partial charge >= 0.3 is 0 Å². The molecule has 0 aliphatic carbocycles. The van der Waals surface area contributed by atoms with Crippen LogP contribution in [0.25, 0.3) is 0 Å². The van der Waals surface area contributed by atoms with E-state index >= 15 is 0 Å². The number of amides is 2. The molecule has 0 spiro atoms. The van der Waals surface area contributed by atoms with Gasteiger partial charge in [-0.05, 0) is 36.4 Å². The van der Waals surface area contributed by atoms with Crippen molar-refractivity contribution in [3.63, 3.8) is 0 Å². The van der Waals surface area contributed by atoms with Gasteiger partial charge in [-0.1, -0.05) is 18.2 Å². The molecule has 134 valence electrons. The molecule has 3 aromatic carbocycles. The number of hydrogen-bond donors (Lipinski definition) is 5. The Hall–Kier alpha value is -4.00. The van der Waals surface area contributed by atoms with Gasteiger partial charge in [0.15, 0.2) is 11.5 Å². The summed E-state index contributed by atoms with van der Waals surface area (Å²) in [6.45, 7) is 0. The van der Waals surface area contributed by atoms with Gasteiger partial charge in [0, 0.05) is 17.4 Å². The Balaban J connectivity index is 1.78. The van der Waals surface area contributed by atoms with Crippen LogP contribution in [0.4, 0.5) is 22.7 Å². The van der Waals surface area contributed by atoms with Crippen LogP contribution in [0.5, 0.6) is 11.5 Å². The lowest BCUT2D eigenvalue weighted by atomic mass is 10.1. The van der Waals surface area contributed by atoms with E-state index < -0.39 is 11.8 Å². The smallest absolute Gasteiger partial charge is 0.259 e. The molecule has 0 saturated heterocycles. The van der Waals surface area contributed by atoms with Crippen LogP contribution in [-0.2, 0) is 0 Å². The molecule has 4 rings (SSSR count). The van der Waals surface area contributed by atoms with Crippen molar-refractivity contribution in [2.45, 2.75) is 0 Å². The first kappa shape index (κ1) is 16.5. The van der Waals surface area contributed by atoms with Crippen molar-refractivity contribution >= 4 is 34.6 Å². The quantitative estimate of drug-likeness (QED) is 0.276. The molecule has 5 N–H and O–H groups in total. The van der Waals surface area contributed by atoms with Gasteiger partial charge in [0.25, 0.3) is 11.8 Å². The highest BCUT2D eigenvalue weighted by Crippen LogP contribution is 2.35. The Morgan fingerprint density at radius 3 is 1.85 bits per heavy atom. The molecule has 1 aliphatic rings. The number of carbonyl (C=O) groups excluding carboxylic acids is 2. The standard InChI is InChI=1S/C20H15N3O4/c24-17-7-6-12(8-18(17)25)22-16-10-14-13(19(26)23-20(14)27)9-15(16)21-11-4-2-1-3-5-11/h1-10,21-22,24-25H,(H,23,26,27). The van der Waals surface area contributed by atoms with E-state index in [9.17, 15) is 19.8 Å². The summed E-state index contributed by atoms with van der Waals surface area (Å²) in [4.78, 5) is 24.0. The minimum absolute atomic E-state index is 0.234. The molecule has 0 atom stereocenters. The molecule has 0 unspecified atom stereocenters. The monoisotopic (exact) mass is 361 g/mol. The number of anilines is 4. The molecule has 0 fully saturated rings. The Kier molecular flexibility index (Phi) is 3.89. The number of rotatable bonds is 4. The average Bonchev–Trinajstić information content (AvgIpc) is 2.93. The first-order chi connectivity index (χ1) is 13.0. The molecule has 0 aromatic heterocycles. The van der Waals surface area contributed by atoms with E-state index in [-0.39, 0.29) is 22.6 Å². The van der Waals surface area contributed by atoms with Crippen LogP contribution in [0.3, 0.4) is 0 Å². The van der Waals surface area contributed by atoms with E-state index in [4.69, 9.17) is 0 Å². The van der Waals surface area contributed by atoms with E-state index in [2.05, 4.69) is 16.0 Å². The number of nitrogens with one attached hydrogen (secondary N) is 3. The molecule has 7 nitrogen and oxygen atoms in total. The van der Waals surface area contributed by atoms with Gasteiger partial charge in [-0.15, -0.1) is 0 Å². The van der Waals surface area contributed by atoms with Gasteiger partial charge in [0.1, 0.15) is 0 Å². The van der Waals surface area contributed by atoms with Crippen molar-refractivity contribution < 1.29 is 19.8 Å². The summed E-state index contributed by atoms with van der Waals surface area (Å²) in [6.07, 6.45) is 0. The minimum atomic E-state index is -0.460. The van der Waals surface area contributed by atoms with Crippen LogP contribution in [0, 0.1) is 0 Å². The molecular weight excluding hydrogens is 346 g/mol. The highest BCUT2D eigenvalue weighted by atomic mass is 16.3. The number of imide groups is 1. The van der Waals surface area contributed by atoms with Gasteiger partial charge < -0.3 is 20.8 Å². The van der Waals surface area contributed by atoms with Crippen molar-refractivity contribution in [1.29, 1.82) is 0 Å². The minimum Gasteiger partial charge on any atom is -0.504 e. The van der Waals surface area contributed by atoms with Crippen molar-refractivity contribution in [2.24, 2.45) is 0 Å². The Labute approximate surface area is 154 Å². The summed E-state index contributed by atoms with van der Waals surface area (Å²) in [5.74, 6) is -1.41. The third-order valence-electron chi connectivity index (χ3n) is 4.18. The Bertz CT molecular complexity index is 1060. The number of aromatic hydroxyl groups is 2. The zero-order valence-electron chi connectivity index (χ0n) is 14.0. The van der Waals surface area contributed by atoms with Gasteiger partial charge in [-0.25, -0.2) is 0 Å². The summed E-state index contributed by atoms with van der Waals surface area (Å²) in [5, 5.41) is 27.8. The third kappa shape index (κ3) is 3.13. The summed E-state index contributed by atoms with van der Waals surface area (Å²) in [7, 11) is 0. The second kappa shape index (κ2) is 6.38. The normalized spacial score (nSPS) is 12.4. The number of phenolic OH excluding ortho intramolecular Hbond substituents is 2. The second-order valence-electron chi connectivity index (χ2n) is 6.05. The highest BCUT2D eigenvalue weighted by molar-refractivity contribution is 6.22. The molecule has 27 heavy (non-hydrogen) atoms. The fourth-order valence-electron chi connectivity index (χ4n) is 2.85. The van der Waals surface area contributed by atoms with Gasteiger partial charge in [0.2, 0.25) is 0 Å². The zero-order valence-corrected chi connectivity index (χ0v) is 14.0. The molecule has 0 saturated carbocycles. The fraction of sp³-hybridized carbons (Fsp3) is 0. The number of benzene rings is 3. The van der Waals surface area contributed by atoms with Gasteiger partial charge in [-0.2, -0.15) is 0 Å². The van der Waals surface area contributed by atoms with E-state index in [0.29, 0.717) is 17.1 Å². The summed E-state index contributed by atoms with van der Waals surface area (Å²) < 4.78 is 0. The SMILES string of the molecule is O=C1NC(=O)c2cc(Nc3ccc(O)c(O)c3)c(Nc3ccccc3)cc21. The van der Waals surface area contributed by atoms with E-state index in [1.54, 1.807) is 18.2 Å². The number of phenols is 2. The third-order valence-corrected chi connectivity index (χ3v) is 4.18. The molecule has 3 aromatic rings. The van der Waals surface area contributed by atoms with Crippen molar-refractivity contribution in [2.75, 3.05) is 10.6 Å². The lowest BCUT2D eigenvalue weighted by Gasteiger charge is -2.16. The summed E-state index contributed by atoms with van der Waals surface area (Å²) in [5.41, 5.74) is 2.98. The summed E-state index contributed by atoms with van der Waals surface area (Å²) in [6, 6.07) is 16.8. The Morgan fingerprint density at radius 2 is 1.26 bits per heavy atom. The van der Waals surface area contributed by atoms with Crippen LogP contribution < -0.4 is 16.0 Å². The van der Waals surface area contributed by atoms with Crippen LogP contribution in [0.15, 0.2) is 60.7 Å². The lowest BCUT2D eigenvalue weighted by molar-refractivity contribution is 0.0879. The first-order valence-corrected chi connectivity index (χ1v) is 8.16.